The van der Waals surface area contributed by atoms with Gasteiger partial charge in [0.05, 0.1) is 0 Å². The van der Waals surface area contributed by atoms with Crippen molar-refractivity contribution in [2.24, 2.45) is 5.41 Å². The minimum absolute atomic E-state index is 0.482. The van der Waals surface area contributed by atoms with Gasteiger partial charge < -0.3 is 19.3 Å². The maximum atomic E-state index is 11.7. The molecule has 1 unspecified atom stereocenters. The van der Waals surface area contributed by atoms with Crippen LogP contribution in [0.2, 0.25) is 0 Å². The lowest BCUT2D eigenvalue weighted by molar-refractivity contribution is -0.181. The zero-order valence-electron chi connectivity index (χ0n) is 12.7. The smallest absolute Gasteiger partial charge is 0.333 e. The van der Waals surface area contributed by atoms with Crippen LogP contribution in [0.1, 0.15) is 41.5 Å². The molecular weight excluding hydrogens is 248 g/mol. The van der Waals surface area contributed by atoms with Crippen molar-refractivity contribution in [2.45, 2.75) is 54.1 Å². The Bertz CT molecular complexity index is 297. The third-order valence-corrected chi connectivity index (χ3v) is 2.32. The molecule has 0 radical (unpaired) electrons. The van der Waals surface area contributed by atoms with Gasteiger partial charge in [-0.05, 0) is 26.3 Å². The van der Waals surface area contributed by atoms with E-state index in [9.17, 15) is 9.90 Å². The molecule has 112 valence electrons. The zero-order chi connectivity index (χ0) is 15.1. The first-order valence-electron chi connectivity index (χ1n) is 6.52. The van der Waals surface area contributed by atoms with Gasteiger partial charge in [0, 0.05) is 24.7 Å². The molecule has 0 aliphatic carbocycles. The van der Waals surface area contributed by atoms with Gasteiger partial charge in [-0.25, -0.2) is 4.79 Å². The van der Waals surface area contributed by atoms with Crippen LogP contribution >= 0.6 is 0 Å². The fourth-order valence-corrected chi connectivity index (χ4v) is 1.19. The zero-order valence-corrected chi connectivity index (χ0v) is 12.7. The Labute approximate surface area is 115 Å². The Kier molecular flexibility index (Phi) is 7.90. The van der Waals surface area contributed by atoms with Crippen LogP contribution in [0.3, 0.4) is 0 Å². The van der Waals surface area contributed by atoms with Crippen molar-refractivity contribution in [3.63, 3.8) is 0 Å². The standard InChI is InChI=1S/C14H26O5/c1-7-17-12(18-8-2)10(3)9-11(15)19-13(16)14(4,5)6/h9,12-13,16H,7-8H2,1-6H3. The van der Waals surface area contributed by atoms with Crippen molar-refractivity contribution in [1.82, 2.24) is 0 Å². The first kappa shape index (κ1) is 18.1. The predicted molar refractivity (Wildman–Crippen MR) is 72.4 cm³/mol. The minimum atomic E-state index is -1.15. The molecule has 0 heterocycles. The average molecular weight is 274 g/mol. The van der Waals surface area contributed by atoms with E-state index < -0.39 is 24.0 Å². The number of aliphatic hydroxyl groups excluding tert-OH is 1. The maximum absolute atomic E-state index is 11.7. The lowest BCUT2D eigenvalue weighted by atomic mass is 9.96. The van der Waals surface area contributed by atoms with Crippen LogP contribution in [0.4, 0.5) is 0 Å². The highest BCUT2D eigenvalue weighted by atomic mass is 16.7. The molecule has 0 fully saturated rings. The summed E-state index contributed by atoms with van der Waals surface area (Å²) in [6.45, 7) is 11.7. The molecule has 19 heavy (non-hydrogen) atoms. The van der Waals surface area contributed by atoms with E-state index in [0.717, 1.165) is 0 Å². The number of hydrogen-bond acceptors (Lipinski definition) is 5. The fraction of sp³-hybridized carbons (Fsp3) is 0.786. The second kappa shape index (κ2) is 8.30. The summed E-state index contributed by atoms with van der Waals surface area (Å²) in [7, 11) is 0. The number of ether oxygens (including phenoxy) is 3. The van der Waals surface area contributed by atoms with Gasteiger partial charge in [0.25, 0.3) is 0 Å². The van der Waals surface area contributed by atoms with E-state index in [1.807, 2.05) is 13.8 Å². The fourth-order valence-electron chi connectivity index (χ4n) is 1.19. The van der Waals surface area contributed by atoms with Gasteiger partial charge in [0.1, 0.15) is 0 Å². The highest BCUT2D eigenvalue weighted by Crippen LogP contribution is 2.20. The van der Waals surface area contributed by atoms with Crippen LogP contribution in [0, 0.1) is 5.41 Å². The third-order valence-electron chi connectivity index (χ3n) is 2.32. The summed E-state index contributed by atoms with van der Waals surface area (Å²) in [4.78, 5) is 11.7. The Morgan fingerprint density at radius 1 is 1.21 bits per heavy atom. The van der Waals surface area contributed by atoms with E-state index in [2.05, 4.69) is 0 Å². The summed E-state index contributed by atoms with van der Waals surface area (Å²) in [5, 5.41) is 9.68. The number of hydrogen-bond donors (Lipinski definition) is 1. The summed E-state index contributed by atoms with van der Waals surface area (Å²) < 4.78 is 15.6. The van der Waals surface area contributed by atoms with Crippen molar-refractivity contribution in [3.8, 4) is 0 Å². The average Bonchev–Trinajstić information content (AvgIpc) is 2.27. The van der Waals surface area contributed by atoms with Crippen molar-refractivity contribution < 1.29 is 24.1 Å². The molecule has 0 aromatic heterocycles. The van der Waals surface area contributed by atoms with Crippen LogP contribution in [-0.2, 0) is 19.0 Å². The van der Waals surface area contributed by atoms with Gasteiger partial charge in [0.2, 0.25) is 6.29 Å². The van der Waals surface area contributed by atoms with Crippen molar-refractivity contribution >= 4 is 5.97 Å². The molecule has 5 nitrogen and oxygen atoms in total. The molecule has 0 aliphatic rings. The highest BCUT2D eigenvalue weighted by molar-refractivity contribution is 5.82. The van der Waals surface area contributed by atoms with E-state index in [1.54, 1.807) is 27.7 Å². The molecule has 0 amide bonds. The number of aliphatic hydroxyl groups is 1. The first-order valence-corrected chi connectivity index (χ1v) is 6.52. The molecule has 0 saturated carbocycles. The van der Waals surface area contributed by atoms with Gasteiger partial charge in [0.15, 0.2) is 6.29 Å². The Balaban J connectivity index is 4.59. The Hall–Kier alpha value is -0.910. The molecule has 0 aromatic rings. The summed E-state index contributed by atoms with van der Waals surface area (Å²) in [5.74, 6) is -0.607. The SMILES string of the molecule is CCOC(OCC)C(C)=CC(=O)OC(O)C(C)(C)C. The van der Waals surface area contributed by atoms with Crippen LogP contribution in [0.15, 0.2) is 11.6 Å². The molecule has 0 aliphatic heterocycles. The summed E-state index contributed by atoms with van der Waals surface area (Å²) in [6.07, 6.45) is -0.429. The predicted octanol–water partition coefficient (Wildman–Crippen LogP) is 2.24. The van der Waals surface area contributed by atoms with Crippen LogP contribution < -0.4 is 0 Å². The van der Waals surface area contributed by atoms with Gasteiger partial charge in [-0.1, -0.05) is 20.8 Å². The number of esters is 1. The molecular formula is C14H26O5. The topological polar surface area (TPSA) is 65.0 Å². The summed E-state index contributed by atoms with van der Waals surface area (Å²) in [5.41, 5.74) is 0.0891. The Morgan fingerprint density at radius 3 is 2.05 bits per heavy atom. The number of rotatable bonds is 7. The highest BCUT2D eigenvalue weighted by Gasteiger charge is 2.25. The van der Waals surface area contributed by atoms with Crippen LogP contribution in [0.5, 0.6) is 0 Å². The molecule has 0 rings (SSSR count). The number of carbonyl (C=O) groups excluding carboxylic acids is 1. The van der Waals surface area contributed by atoms with Crippen LogP contribution in [-0.4, -0.2) is 36.9 Å². The quantitative estimate of drug-likeness (QED) is 0.438. The lowest BCUT2D eigenvalue weighted by Crippen LogP contribution is -2.31. The monoisotopic (exact) mass is 274 g/mol. The van der Waals surface area contributed by atoms with E-state index in [0.29, 0.717) is 18.8 Å². The first-order chi connectivity index (χ1) is 8.72. The molecule has 0 bridgehead atoms. The van der Waals surface area contributed by atoms with Gasteiger partial charge in [-0.2, -0.15) is 0 Å². The van der Waals surface area contributed by atoms with Crippen LogP contribution in [0.25, 0.3) is 0 Å². The van der Waals surface area contributed by atoms with Crippen molar-refractivity contribution in [1.29, 1.82) is 0 Å². The second-order valence-electron chi connectivity index (χ2n) is 5.29. The van der Waals surface area contributed by atoms with Crippen molar-refractivity contribution in [3.05, 3.63) is 11.6 Å². The summed E-state index contributed by atoms with van der Waals surface area (Å²) in [6, 6.07) is 0. The number of carbonyl (C=O) groups is 1. The van der Waals surface area contributed by atoms with E-state index in [-0.39, 0.29) is 0 Å². The maximum Gasteiger partial charge on any atom is 0.333 e. The second-order valence-corrected chi connectivity index (χ2v) is 5.29. The lowest BCUT2D eigenvalue weighted by Gasteiger charge is -2.25. The molecule has 0 saturated heterocycles. The Morgan fingerprint density at radius 2 is 1.68 bits per heavy atom. The molecule has 1 atom stereocenters. The van der Waals surface area contributed by atoms with Gasteiger partial charge >= 0.3 is 5.97 Å². The molecule has 1 N–H and O–H groups in total. The molecule has 0 spiro atoms. The van der Waals surface area contributed by atoms with E-state index in [4.69, 9.17) is 14.2 Å². The molecule has 0 aromatic carbocycles. The minimum Gasteiger partial charge on any atom is -0.432 e. The van der Waals surface area contributed by atoms with Gasteiger partial charge in [-0.3, -0.25) is 0 Å². The van der Waals surface area contributed by atoms with Gasteiger partial charge in [-0.15, -0.1) is 0 Å². The van der Waals surface area contributed by atoms with E-state index >= 15 is 0 Å². The largest absolute Gasteiger partial charge is 0.432 e. The summed E-state index contributed by atoms with van der Waals surface area (Å²) >= 11 is 0. The normalized spacial score (nSPS) is 14.6. The molecule has 5 heteroatoms. The third kappa shape index (κ3) is 7.30. The van der Waals surface area contributed by atoms with E-state index in [1.165, 1.54) is 6.08 Å². The van der Waals surface area contributed by atoms with Crippen molar-refractivity contribution in [2.75, 3.05) is 13.2 Å².